The topological polar surface area (TPSA) is 98.3 Å². The lowest BCUT2D eigenvalue weighted by Gasteiger charge is -2.11. The largest absolute Gasteiger partial charge is 0.444 e. The number of nitrogens with zero attached hydrogens (tertiary/aromatic N) is 2. The van der Waals surface area contributed by atoms with Crippen LogP contribution in [-0.4, -0.2) is 38.6 Å². The fourth-order valence-electron chi connectivity index (χ4n) is 1.15. The molecule has 0 saturated carbocycles. The fraction of sp³-hybridized carbons (Fsp3) is 0.250. The van der Waals surface area contributed by atoms with Crippen LogP contribution in [0.4, 0.5) is 0 Å². The summed E-state index contributed by atoms with van der Waals surface area (Å²) in [7, 11) is 0. The van der Waals surface area contributed by atoms with Crippen molar-refractivity contribution in [2.24, 2.45) is 4.99 Å². The van der Waals surface area contributed by atoms with Crippen LogP contribution >= 0.6 is 27.7 Å². The number of thioether (sulfide) groups is 1. The zero-order valence-corrected chi connectivity index (χ0v) is 10.7. The summed E-state index contributed by atoms with van der Waals surface area (Å²) in [5, 5.41) is 19.9. The maximum Gasteiger partial charge on any atom is 0.292 e. The van der Waals surface area contributed by atoms with Crippen LogP contribution in [0, 0.1) is 0 Å². The summed E-state index contributed by atoms with van der Waals surface area (Å²) in [5.41, 5.74) is 0. The third-order valence-electron chi connectivity index (χ3n) is 1.91. The number of aliphatic imine (C=N–C) groups is 1. The lowest BCUT2D eigenvalue weighted by molar-refractivity contribution is -0.312. The van der Waals surface area contributed by atoms with Gasteiger partial charge in [-0.05, 0) is 28.1 Å². The molecule has 1 aliphatic heterocycles. The van der Waals surface area contributed by atoms with E-state index in [4.69, 9.17) is 14.8 Å². The summed E-state index contributed by atoms with van der Waals surface area (Å²) in [6, 6.07) is 3.12. The van der Waals surface area contributed by atoms with Gasteiger partial charge in [-0.15, -0.1) is 0 Å². The second-order valence-corrected chi connectivity index (χ2v) is 5.04. The summed E-state index contributed by atoms with van der Waals surface area (Å²) in [6.45, 7) is 0.190. The van der Waals surface area contributed by atoms with Gasteiger partial charge in [0.25, 0.3) is 5.91 Å². The van der Waals surface area contributed by atoms with Crippen molar-refractivity contribution in [3.05, 3.63) is 22.6 Å². The van der Waals surface area contributed by atoms with Gasteiger partial charge in [0.15, 0.2) is 15.6 Å². The number of furan rings is 1. The monoisotopic (exact) mass is 321 g/mol. The molecule has 1 atom stereocenters. The lowest BCUT2D eigenvalue weighted by atomic mass is 10.4. The zero-order valence-electron chi connectivity index (χ0n) is 8.33. The molecular weight excluding hydrogens is 314 g/mol. The SMILES string of the molecule is O=C(NC1=NCC(N(O)O)S1)c1ccc(Br)o1. The standard InChI is InChI=1S/C8H8BrN3O4S/c9-5-2-1-4(16-5)7(13)11-8-10-3-6(17-8)12(14)15/h1-2,6,14-15H,3H2,(H,10,11,13). The van der Waals surface area contributed by atoms with E-state index in [1.54, 1.807) is 6.07 Å². The Bertz CT molecular complexity index is 461. The highest BCUT2D eigenvalue weighted by Crippen LogP contribution is 2.21. The Labute approximate surface area is 109 Å². The summed E-state index contributed by atoms with van der Waals surface area (Å²) < 4.78 is 5.52. The highest BCUT2D eigenvalue weighted by molar-refractivity contribution is 9.10. The molecule has 1 aromatic heterocycles. The number of amidine groups is 1. The Morgan fingerprint density at radius 3 is 2.94 bits per heavy atom. The summed E-state index contributed by atoms with van der Waals surface area (Å²) in [4.78, 5) is 15.6. The number of carbonyl (C=O) groups is 1. The van der Waals surface area contributed by atoms with Gasteiger partial charge < -0.3 is 4.42 Å². The molecule has 2 heterocycles. The van der Waals surface area contributed by atoms with E-state index in [0.717, 1.165) is 11.8 Å². The van der Waals surface area contributed by atoms with Gasteiger partial charge in [0, 0.05) is 0 Å². The van der Waals surface area contributed by atoms with Crippen molar-refractivity contribution in [1.82, 2.24) is 10.5 Å². The van der Waals surface area contributed by atoms with E-state index in [1.165, 1.54) is 6.07 Å². The molecule has 0 saturated heterocycles. The molecule has 1 amide bonds. The second-order valence-electron chi connectivity index (χ2n) is 3.10. The van der Waals surface area contributed by atoms with Crippen LogP contribution in [0.25, 0.3) is 0 Å². The molecular formula is C8H8BrN3O4S. The molecule has 2 rings (SSSR count). The number of nitrogens with one attached hydrogen (secondary N) is 1. The maximum absolute atomic E-state index is 11.6. The van der Waals surface area contributed by atoms with Gasteiger partial charge in [0.1, 0.15) is 5.37 Å². The van der Waals surface area contributed by atoms with Gasteiger partial charge in [-0.2, -0.15) is 0 Å². The minimum absolute atomic E-state index is 0.0663. The van der Waals surface area contributed by atoms with Crippen molar-refractivity contribution >= 4 is 38.8 Å². The van der Waals surface area contributed by atoms with E-state index < -0.39 is 11.3 Å². The number of hydroxylamine groups is 2. The van der Waals surface area contributed by atoms with Gasteiger partial charge in [-0.25, -0.2) is 0 Å². The molecule has 0 aliphatic carbocycles. The number of hydrogen-bond donors (Lipinski definition) is 3. The Morgan fingerprint density at radius 2 is 2.41 bits per heavy atom. The zero-order chi connectivity index (χ0) is 12.4. The first-order valence-electron chi connectivity index (χ1n) is 4.51. The van der Waals surface area contributed by atoms with Crippen molar-refractivity contribution in [3.8, 4) is 0 Å². The Morgan fingerprint density at radius 1 is 1.65 bits per heavy atom. The molecule has 92 valence electrons. The molecule has 1 aromatic rings. The fourth-order valence-corrected chi connectivity index (χ4v) is 2.26. The molecule has 1 unspecified atom stereocenters. The number of halogens is 1. The molecule has 9 heteroatoms. The third kappa shape index (κ3) is 3.07. The van der Waals surface area contributed by atoms with Crippen LogP contribution in [0.2, 0.25) is 0 Å². The van der Waals surface area contributed by atoms with Crippen LogP contribution in [0.15, 0.2) is 26.2 Å². The second kappa shape index (κ2) is 5.19. The van der Waals surface area contributed by atoms with Crippen molar-refractivity contribution < 1.29 is 19.6 Å². The van der Waals surface area contributed by atoms with Gasteiger partial charge in [0.05, 0.1) is 6.54 Å². The lowest BCUT2D eigenvalue weighted by Crippen LogP contribution is -2.30. The molecule has 0 bridgehead atoms. The summed E-state index contributed by atoms with van der Waals surface area (Å²) >= 11 is 4.13. The smallest absolute Gasteiger partial charge is 0.292 e. The number of amides is 1. The highest BCUT2D eigenvalue weighted by Gasteiger charge is 2.26. The minimum atomic E-state index is -0.603. The molecule has 17 heavy (non-hydrogen) atoms. The van der Waals surface area contributed by atoms with E-state index in [0.29, 0.717) is 9.84 Å². The van der Waals surface area contributed by atoms with Crippen molar-refractivity contribution in [2.75, 3.05) is 6.54 Å². The predicted octanol–water partition coefficient (Wildman–Crippen LogP) is 1.28. The van der Waals surface area contributed by atoms with Gasteiger partial charge in [-0.1, -0.05) is 17.0 Å². The Kier molecular flexibility index (Phi) is 3.84. The third-order valence-corrected chi connectivity index (χ3v) is 3.40. The van der Waals surface area contributed by atoms with Gasteiger partial charge in [-0.3, -0.25) is 25.5 Å². The minimum Gasteiger partial charge on any atom is -0.444 e. The average molecular weight is 322 g/mol. The number of hydrogen-bond acceptors (Lipinski definition) is 7. The molecule has 0 radical (unpaired) electrons. The quantitative estimate of drug-likeness (QED) is 0.710. The first-order chi connectivity index (χ1) is 8.06. The molecule has 3 N–H and O–H groups in total. The maximum atomic E-state index is 11.6. The van der Waals surface area contributed by atoms with E-state index in [1.807, 2.05) is 0 Å². The van der Waals surface area contributed by atoms with E-state index in [2.05, 4.69) is 26.2 Å². The highest BCUT2D eigenvalue weighted by atomic mass is 79.9. The van der Waals surface area contributed by atoms with Gasteiger partial charge >= 0.3 is 0 Å². The molecule has 7 nitrogen and oxygen atoms in total. The van der Waals surface area contributed by atoms with Crippen molar-refractivity contribution in [1.29, 1.82) is 0 Å². The Balaban J connectivity index is 1.93. The summed E-state index contributed by atoms with van der Waals surface area (Å²) in [6.07, 6.45) is 0. The van der Waals surface area contributed by atoms with Crippen molar-refractivity contribution in [3.63, 3.8) is 0 Å². The molecule has 0 spiro atoms. The van der Waals surface area contributed by atoms with E-state index in [9.17, 15) is 4.79 Å². The van der Waals surface area contributed by atoms with Crippen LogP contribution < -0.4 is 5.32 Å². The predicted molar refractivity (Wildman–Crippen MR) is 63.0 cm³/mol. The first-order valence-corrected chi connectivity index (χ1v) is 6.18. The number of rotatable bonds is 2. The average Bonchev–Trinajstić information content (AvgIpc) is 2.86. The van der Waals surface area contributed by atoms with Gasteiger partial charge in [0.2, 0.25) is 0 Å². The molecule has 0 aromatic carbocycles. The van der Waals surface area contributed by atoms with Crippen LogP contribution in [-0.2, 0) is 0 Å². The first kappa shape index (κ1) is 12.6. The number of carbonyl (C=O) groups excluding carboxylic acids is 1. The normalized spacial score (nSPS) is 19.5. The van der Waals surface area contributed by atoms with E-state index in [-0.39, 0.29) is 17.5 Å². The van der Waals surface area contributed by atoms with Crippen molar-refractivity contribution in [2.45, 2.75) is 5.37 Å². The molecule has 1 aliphatic rings. The Hall–Kier alpha value is -0.870. The van der Waals surface area contributed by atoms with Crippen LogP contribution in [0.5, 0.6) is 0 Å². The molecule has 0 fully saturated rings. The van der Waals surface area contributed by atoms with Crippen LogP contribution in [0.1, 0.15) is 10.6 Å². The summed E-state index contributed by atoms with van der Waals surface area (Å²) in [5.74, 6) is -0.293. The van der Waals surface area contributed by atoms with E-state index >= 15 is 0 Å². The van der Waals surface area contributed by atoms with Crippen LogP contribution in [0.3, 0.4) is 0 Å².